The van der Waals surface area contributed by atoms with Gasteiger partial charge in [-0.15, -0.1) is 6.58 Å². The second-order valence-electron chi connectivity index (χ2n) is 5.09. The van der Waals surface area contributed by atoms with Gasteiger partial charge in [0.1, 0.15) is 12.7 Å². The van der Waals surface area contributed by atoms with E-state index in [0.717, 1.165) is 32.1 Å². The Hall–Kier alpha value is -1.13. The van der Waals surface area contributed by atoms with Gasteiger partial charge < -0.3 is 14.6 Å². The average molecular weight is 298 g/mol. The highest BCUT2D eigenvalue weighted by Gasteiger charge is 2.08. The number of esters is 1. The maximum atomic E-state index is 11.4. The molecule has 0 amide bonds. The van der Waals surface area contributed by atoms with Crippen LogP contribution in [0, 0.1) is 0 Å². The lowest BCUT2D eigenvalue weighted by Crippen LogP contribution is -2.22. The van der Waals surface area contributed by atoms with Crippen molar-refractivity contribution in [3.63, 3.8) is 0 Å². The van der Waals surface area contributed by atoms with Crippen LogP contribution in [0.2, 0.25) is 0 Å². The van der Waals surface area contributed by atoms with Crippen molar-refractivity contribution in [3.8, 4) is 0 Å². The van der Waals surface area contributed by atoms with E-state index < -0.39 is 6.10 Å². The van der Waals surface area contributed by atoms with E-state index in [1.54, 1.807) is 0 Å². The maximum Gasteiger partial charge on any atom is 0.305 e. The fraction of sp³-hybridized carbons (Fsp3) is 0.706. The lowest BCUT2D eigenvalue weighted by atomic mass is 10.1. The smallest absolute Gasteiger partial charge is 0.305 e. The molecule has 0 fully saturated rings. The zero-order chi connectivity index (χ0) is 15.8. The number of hydrogen-bond acceptors (Lipinski definition) is 4. The molecule has 122 valence electrons. The first-order chi connectivity index (χ1) is 10.2. The van der Waals surface area contributed by atoms with Gasteiger partial charge in [0, 0.05) is 13.5 Å². The zero-order valence-electron chi connectivity index (χ0n) is 13.3. The fourth-order valence-corrected chi connectivity index (χ4v) is 1.87. The minimum absolute atomic E-state index is 0.0176. The minimum atomic E-state index is -0.729. The summed E-state index contributed by atoms with van der Waals surface area (Å²) in [5.41, 5.74) is 0. The summed E-state index contributed by atoms with van der Waals surface area (Å²) in [6, 6.07) is 0. The minimum Gasteiger partial charge on any atom is -0.463 e. The molecule has 0 aliphatic rings. The Morgan fingerprint density at radius 2 is 1.86 bits per heavy atom. The summed E-state index contributed by atoms with van der Waals surface area (Å²) >= 11 is 0. The average Bonchev–Trinajstić information content (AvgIpc) is 2.47. The van der Waals surface area contributed by atoms with Gasteiger partial charge in [0.05, 0.1) is 6.61 Å². The highest BCUT2D eigenvalue weighted by molar-refractivity contribution is 5.69. The van der Waals surface area contributed by atoms with Crippen molar-refractivity contribution in [1.29, 1.82) is 0 Å². The molecule has 0 aliphatic heterocycles. The van der Waals surface area contributed by atoms with Crippen LogP contribution in [-0.2, 0) is 14.3 Å². The molecule has 0 bridgehead atoms. The van der Waals surface area contributed by atoms with E-state index in [1.165, 1.54) is 20.0 Å². The van der Waals surface area contributed by atoms with Gasteiger partial charge in [-0.1, -0.05) is 37.5 Å². The first-order valence-corrected chi connectivity index (χ1v) is 7.79. The van der Waals surface area contributed by atoms with Gasteiger partial charge in [-0.2, -0.15) is 0 Å². The van der Waals surface area contributed by atoms with E-state index >= 15 is 0 Å². The molecule has 1 N–H and O–H groups in total. The number of rotatable bonds is 14. The number of aliphatic hydroxyl groups is 1. The molecule has 0 radical (unpaired) electrons. The van der Waals surface area contributed by atoms with E-state index in [1.807, 2.05) is 6.08 Å². The number of allylic oxidation sites excluding steroid dienone is 3. The van der Waals surface area contributed by atoms with Gasteiger partial charge in [0.25, 0.3) is 0 Å². The van der Waals surface area contributed by atoms with Crippen molar-refractivity contribution >= 4 is 5.97 Å². The highest BCUT2D eigenvalue weighted by atomic mass is 16.5. The van der Waals surface area contributed by atoms with Gasteiger partial charge >= 0.3 is 5.97 Å². The summed E-state index contributed by atoms with van der Waals surface area (Å²) in [5, 5.41) is 9.33. The Bertz CT molecular complexity index is 287. The van der Waals surface area contributed by atoms with E-state index in [4.69, 9.17) is 9.47 Å². The van der Waals surface area contributed by atoms with Gasteiger partial charge in [-0.05, 0) is 25.7 Å². The molecule has 1 atom stereocenters. The lowest BCUT2D eigenvalue weighted by molar-refractivity contribution is -0.147. The molecule has 0 aliphatic carbocycles. The molecule has 1 unspecified atom stereocenters. The van der Waals surface area contributed by atoms with Crippen LogP contribution in [0.3, 0.4) is 0 Å². The van der Waals surface area contributed by atoms with Crippen LogP contribution in [0.4, 0.5) is 0 Å². The molecule has 0 aromatic heterocycles. The van der Waals surface area contributed by atoms with Crippen LogP contribution in [0.25, 0.3) is 0 Å². The topological polar surface area (TPSA) is 55.8 Å². The largest absolute Gasteiger partial charge is 0.463 e. The lowest BCUT2D eigenvalue weighted by Gasteiger charge is -2.10. The van der Waals surface area contributed by atoms with E-state index in [-0.39, 0.29) is 19.2 Å². The third-order valence-electron chi connectivity index (χ3n) is 3.02. The van der Waals surface area contributed by atoms with Gasteiger partial charge in [0.15, 0.2) is 0 Å². The van der Waals surface area contributed by atoms with Crippen molar-refractivity contribution in [2.75, 3.05) is 20.3 Å². The summed E-state index contributed by atoms with van der Waals surface area (Å²) in [6.07, 6.45) is 13.4. The monoisotopic (exact) mass is 298 g/mol. The van der Waals surface area contributed by atoms with Crippen molar-refractivity contribution in [3.05, 3.63) is 24.8 Å². The first kappa shape index (κ1) is 19.9. The molecule has 0 spiro atoms. The SMILES string of the molecule is C=CC/C=C/CCCCCCCC(=O)OCC(O)COC. The molecule has 0 heterocycles. The molecule has 21 heavy (non-hydrogen) atoms. The fourth-order valence-electron chi connectivity index (χ4n) is 1.87. The zero-order valence-corrected chi connectivity index (χ0v) is 13.3. The molecule has 0 aromatic rings. The molecular formula is C17H30O4. The predicted octanol–water partition coefficient (Wildman–Crippen LogP) is 3.40. The Balaban J connectivity index is 3.30. The third-order valence-corrected chi connectivity index (χ3v) is 3.02. The van der Waals surface area contributed by atoms with E-state index in [0.29, 0.717) is 6.42 Å². The number of carbonyl (C=O) groups is 1. The van der Waals surface area contributed by atoms with Gasteiger partial charge in [0.2, 0.25) is 0 Å². The van der Waals surface area contributed by atoms with Gasteiger partial charge in [-0.25, -0.2) is 0 Å². The Labute approximate surface area is 128 Å². The number of aliphatic hydroxyl groups excluding tert-OH is 1. The number of methoxy groups -OCH3 is 1. The second kappa shape index (κ2) is 15.3. The first-order valence-electron chi connectivity index (χ1n) is 7.79. The molecule has 4 nitrogen and oxygen atoms in total. The summed E-state index contributed by atoms with van der Waals surface area (Å²) in [5.74, 6) is -0.238. The number of ether oxygens (including phenoxy) is 2. The Kier molecular flexibility index (Phi) is 14.4. The number of hydrogen-bond donors (Lipinski definition) is 1. The summed E-state index contributed by atoms with van der Waals surface area (Å²) in [4.78, 5) is 11.4. The van der Waals surface area contributed by atoms with Crippen LogP contribution in [0.15, 0.2) is 24.8 Å². The van der Waals surface area contributed by atoms with Crippen molar-refractivity contribution in [2.45, 2.75) is 57.5 Å². The Morgan fingerprint density at radius 3 is 2.57 bits per heavy atom. The standard InChI is InChI=1S/C17H30O4/c1-3-4-5-6-7-8-9-10-11-12-13-17(19)21-15-16(18)14-20-2/h3,5-6,16,18H,1,4,7-15H2,2H3/b6-5+. The Morgan fingerprint density at radius 1 is 1.14 bits per heavy atom. The number of carbonyl (C=O) groups excluding carboxylic acids is 1. The molecule has 0 rings (SSSR count). The normalized spacial score (nSPS) is 12.5. The van der Waals surface area contributed by atoms with Crippen molar-refractivity contribution in [2.24, 2.45) is 0 Å². The van der Waals surface area contributed by atoms with Crippen LogP contribution in [-0.4, -0.2) is 37.5 Å². The van der Waals surface area contributed by atoms with Crippen LogP contribution < -0.4 is 0 Å². The summed E-state index contributed by atoms with van der Waals surface area (Å²) in [6.45, 7) is 3.87. The van der Waals surface area contributed by atoms with Gasteiger partial charge in [-0.3, -0.25) is 4.79 Å². The summed E-state index contributed by atoms with van der Waals surface area (Å²) < 4.78 is 9.70. The van der Waals surface area contributed by atoms with Crippen LogP contribution >= 0.6 is 0 Å². The van der Waals surface area contributed by atoms with E-state index in [2.05, 4.69) is 18.7 Å². The maximum absolute atomic E-state index is 11.4. The molecular weight excluding hydrogens is 268 g/mol. The van der Waals surface area contributed by atoms with Crippen LogP contribution in [0.5, 0.6) is 0 Å². The molecule has 0 saturated carbocycles. The van der Waals surface area contributed by atoms with Crippen molar-refractivity contribution in [1.82, 2.24) is 0 Å². The quantitative estimate of drug-likeness (QED) is 0.303. The number of unbranched alkanes of at least 4 members (excludes halogenated alkanes) is 5. The second-order valence-corrected chi connectivity index (χ2v) is 5.09. The molecule has 4 heteroatoms. The van der Waals surface area contributed by atoms with Crippen molar-refractivity contribution < 1.29 is 19.4 Å². The molecule has 0 saturated heterocycles. The van der Waals surface area contributed by atoms with E-state index in [9.17, 15) is 9.90 Å². The highest BCUT2D eigenvalue weighted by Crippen LogP contribution is 2.08. The predicted molar refractivity (Wildman–Crippen MR) is 85.1 cm³/mol. The van der Waals surface area contributed by atoms with Crippen LogP contribution in [0.1, 0.15) is 51.4 Å². The third kappa shape index (κ3) is 15.1. The summed E-state index contributed by atoms with van der Waals surface area (Å²) in [7, 11) is 1.50. The molecule has 0 aromatic carbocycles.